The van der Waals surface area contributed by atoms with Crippen LogP contribution in [0.5, 0.6) is 0 Å². The maximum absolute atomic E-state index is 12.6. The highest BCUT2D eigenvalue weighted by molar-refractivity contribution is 6.30. The fourth-order valence-electron chi connectivity index (χ4n) is 3.50. The number of benzene rings is 1. The Hall–Kier alpha value is -2.44. The predicted molar refractivity (Wildman–Crippen MR) is 111 cm³/mol. The van der Waals surface area contributed by atoms with Gasteiger partial charge in [0.15, 0.2) is 0 Å². The van der Waals surface area contributed by atoms with Crippen LogP contribution in [0.25, 0.3) is 22.2 Å². The second-order valence-electron chi connectivity index (χ2n) is 8.00. The molecule has 1 atom stereocenters. The van der Waals surface area contributed by atoms with Gasteiger partial charge in [0.25, 0.3) is 5.91 Å². The van der Waals surface area contributed by atoms with Crippen molar-refractivity contribution in [1.29, 1.82) is 0 Å². The molecule has 1 aliphatic rings. The summed E-state index contributed by atoms with van der Waals surface area (Å²) >= 11 is 6.07. The first-order chi connectivity index (χ1) is 13.3. The average molecular weight is 399 g/mol. The first kappa shape index (κ1) is 18.9. The van der Waals surface area contributed by atoms with Crippen molar-refractivity contribution in [3.8, 4) is 11.1 Å². The summed E-state index contributed by atoms with van der Waals surface area (Å²) in [5.74, 6) is 0.335. The van der Waals surface area contributed by atoms with Gasteiger partial charge in [0.1, 0.15) is 23.9 Å². The van der Waals surface area contributed by atoms with Crippen LogP contribution in [0.2, 0.25) is 5.02 Å². The molecule has 0 aliphatic carbocycles. The maximum atomic E-state index is 12.6. The van der Waals surface area contributed by atoms with E-state index in [9.17, 15) is 4.79 Å². The van der Waals surface area contributed by atoms with Crippen LogP contribution in [-0.2, 0) is 15.1 Å². The van der Waals surface area contributed by atoms with E-state index in [2.05, 4.69) is 46.8 Å². The van der Waals surface area contributed by atoms with E-state index in [0.717, 1.165) is 35.0 Å². The molecule has 1 aromatic carbocycles. The molecule has 1 saturated heterocycles. The van der Waals surface area contributed by atoms with E-state index in [1.165, 1.54) is 6.33 Å². The summed E-state index contributed by atoms with van der Waals surface area (Å²) in [6.45, 7) is 6.97. The minimum Gasteiger partial charge on any atom is -0.368 e. The molecule has 28 heavy (non-hydrogen) atoms. The number of nitrogens with one attached hydrogen (secondary N) is 1. The largest absolute Gasteiger partial charge is 0.368 e. The van der Waals surface area contributed by atoms with Crippen molar-refractivity contribution in [3.63, 3.8) is 0 Å². The third kappa shape index (κ3) is 3.50. The van der Waals surface area contributed by atoms with Gasteiger partial charge in [-0.1, -0.05) is 23.7 Å². The number of aromatic nitrogens is 3. The monoisotopic (exact) mass is 398 g/mol. The molecule has 1 amide bonds. The molecule has 0 saturated carbocycles. The standard InChI is InChI=1S/C21H23ClN4O2/c1-21(2,3)26-11-15(13-6-8-14(22)9-7-13)17-18(23-12-24-19(17)26)25-20(27)16-5-4-10-28-16/h6-9,11-12,16H,4-5,10H2,1-3H3,(H,23,24,25,27). The summed E-state index contributed by atoms with van der Waals surface area (Å²) in [4.78, 5) is 21.5. The van der Waals surface area contributed by atoms with E-state index in [-0.39, 0.29) is 11.4 Å². The molecule has 6 nitrogen and oxygen atoms in total. The number of amides is 1. The van der Waals surface area contributed by atoms with Crippen LogP contribution < -0.4 is 5.32 Å². The van der Waals surface area contributed by atoms with E-state index in [4.69, 9.17) is 16.3 Å². The SMILES string of the molecule is CC(C)(C)n1cc(-c2ccc(Cl)cc2)c2c(NC(=O)C3CCCO3)ncnc21. The molecule has 146 valence electrons. The van der Waals surface area contributed by atoms with Crippen LogP contribution in [0.15, 0.2) is 36.8 Å². The second kappa shape index (κ2) is 7.18. The Morgan fingerprint density at radius 2 is 2.00 bits per heavy atom. The third-order valence-corrected chi connectivity index (χ3v) is 5.18. The minimum absolute atomic E-state index is 0.164. The highest BCUT2D eigenvalue weighted by Crippen LogP contribution is 2.37. The van der Waals surface area contributed by atoms with Gasteiger partial charge in [-0.15, -0.1) is 0 Å². The summed E-state index contributed by atoms with van der Waals surface area (Å²) in [5.41, 5.74) is 2.52. The van der Waals surface area contributed by atoms with Gasteiger partial charge in [-0.25, -0.2) is 9.97 Å². The molecule has 0 bridgehead atoms. The molecule has 3 aromatic rings. The normalized spacial score (nSPS) is 17.2. The molecule has 0 spiro atoms. The molecule has 1 aliphatic heterocycles. The van der Waals surface area contributed by atoms with Crippen molar-refractivity contribution in [2.24, 2.45) is 0 Å². The van der Waals surface area contributed by atoms with Crippen LogP contribution in [0.3, 0.4) is 0 Å². The highest BCUT2D eigenvalue weighted by Gasteiger charge is 2.27. The van der Waals surface area contributed by atoms with E-state index < -0.39 is 6.10 Å². The number of hydrogen-bond acceptors (Lipinski definition) is 4. The number of rotatable bonds is 3. The smallest absolute Gasteiger partial charge is 0.254 e. The zero-order valence-corrected chi connectivity index (χ0v) is 17.0. The van der Waals surface area contributed by atoms with Crippen molar-refractivity contribution < 1.29 is 9.53 Å². The molecule has 2 aromatic heterocycles. The summed E-state index contributed by atoms with van der Waals surface area (Å²) in [6.07, 6.45) is 4.75. The predicted octanol–water partition coefficient (Wildman–Crippen LogP) is 4.62. The molecule has 1 N–H and O–H groups in total. The molecule has 3 heterocycles. The molecule has 7 heteroatoms. The van der Waals surface area contributed by atoms with Gasteiger partial charge in [-0.3, -0.25) is 4.79 Å². The lowest BCUT2D eigenvalue weighted by molar-refractivity contribution is -0.124. The fourth-order valence-corrected chi connectivity index (χ4v) is 3.62. The molecular formula is C21H23ClN4O2. The van der Waals surface area contributed by atoms with Crippen molar-refractivity contribution >= 4 is 34.4 Å². The Balaban J connectivity index is 1.87. The lowest BCUT2D eigenvalue weighted by Crippen LogP contribution is -2.27. The molecule has 1 fully saturated rings. The maximum Gasteiger partial charge on any atom is 0.254 e. The number of carbonyl (C=O) groups excluding carboxylic acids is 1. The van der Waals surface area contributed by atoms with Crippen LogP contribution in [0.4, 0.5) is 5.82 Å². The number of halogens is 1. The Morgan fingerprint density at radius 1 is 1.25 bits per heavy atom. The Bertz CT molecular complexity index is 1020. The number of carbonyl (C=O) groups is 1. The van der Waals surface area contributed by atoms with Crippen molar-refractivity contribution in [2.75, 3.05) is 11.9 Å². The zero-order chi connectivity index (χ0) is 19.9. The number of anilines is 1. The average Bonchev–Trinajstić information content (AvgIpc) is 3.30. The van der Waals surface area contributed by atoms with Gasteiger partial charge >= 0.3 is 0 Å². The summed E-state index contributed by atoms with van der Waals surface area (Å²) < 4.78 is 7.62. The molecule has 1 unspecified atom stereocenters. The zero-order valence-electron chi connectivity index (χ0n) is 16.2. The van der Waals surface area contributed by atoms with Crippen LogP contribution >= 0.6 is 11.6 Å². The van der Waals surface area contributed by atoms with Crippen molar-refractivity contribution in [2.45, 2.75) is 45.3 Å². The quantitative estimate of drug-likeness (QED) is 0.698. The van der Waals surface area contributed by atoms with Gasteiger partial charge in [0.05, 0.1) is 5.39 Å². The topological polar surface area (TPSA) is 69.0 Å². The van der Waals surface area contributed by atoms with Crippen molar-refractivity contribution in [1.82, 2.24) is 14.5 Å². The lowest BCUT2D eigenvalue weighted by atomic mass is 10.1. The minimum atomic E-state index is -0.423. The first-order valence-corrected chi connectivity index (χ1v) is 9.77. The van der Waals surface area contributed by atoms with Crippen LogP contribution in [0, 0.1) is 0 Å². The first-order valence-electron chi connectivity index (χ1n) is 9.39. The summed E-state index contributed by atoms with van der Waals surface area (Å²) in [6, 6.07) is 7.63. The van der Waals surface area contributed by atoms with Gasteiger partial charge in [0.2, 0.25) is 0 Å². The second-order valence-corrected chi connectivity index (χ2v) is 8.44. The van der Waals surface area contributed by atoms with Gasteiger partial charge in [0, 0.05) is 28.9 Å². The van der Waals surface area contributed by atoms with Gasteiger partial charge < -0.3 is 14.6 Å². The Kier molecular flexibility index (Phi) is 4.85. The lowest BCUT2D eigenvalue weighted by Gasteiger charge is -2.21. The molecule has 4 rings (SSSR count). The van der Waals surface area contributed by atoms with E-state index in [1.807, 2.05) is 24.3 Å². The molecule has 0 radical (unpaired) electrons. The summed E-state index contributed by atoms with van der Waals surface area (Å²) in [7, 11) is 0. The number of fused-ring (bicyclic) bond motifs is 1. The fraction of sp³-hybridized carbons (Fsp3) is 0.381. The van der Waals surface area contributed by atoms with E-state index in [1.54, 1.807) is 0 Å². The number of hydrogen-bond donors (Lipinski definition) is 1. The summed E-state index contributed by atoms with van der Waals surface area (Å²) in [5, 5.41) is 4.44. The van der Waals surface area contributed by atoms with E-state index >= 15 is 0 Å². The van der Waals surface area contributed by atoms with Gasteiger partial charge in [-0.2, -0.15) is 0 Å². The van der Waals surface area contributed by atoms with Crippen molar-refractivity contribution in [3.05, 3.63) is 41.8 Å². The van der Waals surface area contributed by atoms with E-state index in [0.29, 0.717) is 17.4 Å². The van der Waals surface area contributed by atoms with Crippen LogP contribution in [-0.4, -0.2) is 33.2 Å². The van der Waals surface area contributed by atoms with Crippen LogP contribution in [0.1, 0.15) is 33.6 Å². The highest BCUT2D eigenvalue weighted by atomic mass is 35.5. The number of ether oxygens (including phenoxy) is 1. The Morgan fingerprint density at radius 3 is 2.64 bits per heavy atom. The molecular weight excluding hydrogens is 376 g/mol. The Labute approximate surface area is 168 Å². The third-order valence-electron chi connectivity index (χ3n) is 4.92. The van der Waals surface area contributed by atoms with Gasteiger partial charge in [-0.05, 0) is 51.3 Å². The number of nitrogens with zero attached hydrogens (tertiary/aromatic N) is 3.